The Balaban J connectivity index is 4.57. The molecule has 0 aliphatic rings. The normalized spacial score (nSPS) is 16.2. The maximum Gasteiger partial charge on any atom is 0.325 e. The summed E-state index contributed by atoms with van der Waals surface area (Å²) in [5.74, 6) is -0.170. The lowest BCUT2D eigenvalue weighted by Gasteiger charge is -2.34. The lowest BCUT2D eigenvalue weighted by atomic mass is 9.92. The molecule has 0 rings (SSSR count). The van der Waals surface area contributed by atoms with Crippen molar-refractivity contribution in [2.45, 2.75) is 65.0 Å². The third kappa shape index (κ3) is 6.39. The van der Waals surface area contributed by atoms with Gasteiger partial charge in [-0.05, 0) is 53.2 Å². The molecule has 0 bridgehead atoms. The monoisotopic (exact) mass is 272 g/mol. The topological polar surface area (TPSA) is 41.6 Å². The minimum atomic E-state index is -0.593. The molecule has 0 aromatic heterocycles. The number of ether oxygens (including phenoxy) is 1. The van der Waals surface area contributed by atoms with E-state index in [1.807, 2.05) is 6.92 Å². The number of nitrogens with one attached hydrogen (secondary N) is 1. The molecule has 0 aliphatic heterocycles. The highest BCUT2D eigenvalue weighted by molar-refractivity contribution is 5.80. The van der Waals surface area contributed by atoms with Gasteiger partial charge in [-0.3, -0.25) is 4.79 Å². The summed E-state index contributed by atoms with van der Waals surface area (Å²) in [5.41, 5.74) is -0.593. The Kier molecular flexibility index (Phi) is 9.02. The van der Waals surface area contributed by atoms with E-state index in [1.54, 1.807) is 0 Å². The Morgan fingerprint density at radius 1 is 1.37 bits per heavy atom. The molecule has 0 aliphatic carbocycles. The quantitative estimate of drug-likeness (QED) is 0.620. The van der Waals surface area contributed by atoms with E-state index in [4.69, 9.17) is 4.74 Å². The summed E-state index contributed by atoms with van der Waals surface area (Å²) in [6.07, 6.45) is 4.16. The van der Waals surface area contributed by atoms with Gasteiger partial charge in [-0.25, -0.2) is 0 Å². The van der Waals surface area contributed by atoms with Crippen molar-refractivity contribution in [3.8, 4) is 0 Å². The first-order chi connectivity index (χ1) is 8.91. The summed E-state index contributed by atoms with van der Waals surface area (Å²) < 4.78 is 4.95. The average molecular weight is 272 g/mol. The van der Waals surface area contributed by atoms with Crippen LogP contribution in [-0.2, 0) is 9.53 Å². The van der Waals surface area contributed by atoms with Crippen LogP contribution in [-0.4, -0.2) is 49.7 Å². The van der Waals surface area contributed by atoms with Crippen LogP contribution in [0.15, 0.2) is 0 Å². The smallest absolute Gasteiger partial charge is 0.325 e. The number of hydrogen-bond acceptors (Lipinski definition) is 4. The third-order valence-corrected chi connectivity index (χ3v) is 3.72. The predicted octanol–water partition coefficient (Wildman–Crippen LogP) is 2.43. The third-order valence-electron chi connectivity index (χ3n) is 3.72. The summed E-state index contributed by atoms with van der Waals surface area (Å²) in [5, 5.41) is 3.34. The number of unbranched alkanes of at least 4 members (excludes halogenated alkanes) is 1. The van der Waals surface area contributed by atoms with Crippen LogP contribution in [0.1, 0.15) is 53.4 Å². The van der Waals surface area contributed by atoms with Gasteiger partial charge in [0.05, 0.1) is 7.11 Å². The van der Waals surface area contributed by atoms with Gasteiger partial charge in [-0.1, -0.05) is 20.3 Å². The average Bonchev–Trinajstić information content (AvgIpc) is 2.41. The van der Waals surface area contributed by atoms with E-state index in [0.717, 1.165) is 25.9 Å². The first-order valence-electron chi connectivity index (χ1n) is 7.45. The molecule has 0 amide bonds. The second kappa shape index (κ2) is 9.32. The maximum atomic E-state index is 12.0. The van der Waals surface area contributed by atoms with E-state index >= 15 is 0 Å². The van der Waals surface area contributed by atoms with E-state index < -0.39 is 5.54 Å². The summed E-state index contributed by atoms with van der Waals surface area (Å²) in [6.45, 7) is 10.3. The number of methoxy groups -OCH3 is 1. The van der Waals surface area contributed by atoms with Crippen molar-refractivity contribution in [3.63, 3.8) is 0 Å². The summed E-state index contributed by atoms with van der Waals surface area (Å²) in [6, 6.07) is 0.347. The zero-order valence-corrected chi connectivity index (χ0v) is 13.6. The van der Waals surface area contributed by atoms with Crippen molar-refractivity contribution in [1.29, 1.82) is 0 Å². The highest BCUT2D eigenvalue weighted by Gasteiger charge is 2.35. The molecule has 0 radical (unpaired) electrons. The molecule has 114 valence electrons. The minimum absolute atomic E-state index is 0.170. The number of carbonyl (C=O) groups is 1. The first kappa shape index (κ1) is 18.4. The van der Waals surface area contributed by atoms with Gasteiger partial charge in [0.15, 0.2) is 0 Å². The predicted molar refractivity (Wildman–Crippen MR) is 80.3 cm³/mol. The molecule has 0 saturated heterocycles. The molecule has 0 heterocycles. The van der Waals surface area contributed by atoms with E-state index in [-0.39, 0.29) is 5.97 Å². The molecule has 0 fully saturated rings. The van der Waals surface area contributed by atoms with Crippen molar-refractivity contribution in [3.05, 3.63) is 0 Å². The van der Waals surface area contributed by atoms with Crippen LogP contribution in [0.5, 0.6) is 0 Å². The van der Waals surface area contributed by atoms with Crippen molar-refractivity contribution < 1.29 is 9.53 Å². The Bertz CT molecular complexity index is 259. The lowest BCUT2D eigenvalue weighted by Crippen LogP contribution is -2.54. The maximum absolute atomic E-state index is 12.0. The van der Waals surface area contributed by atoms with Gasteiger partial charge in [0.2, 0.25) is 0 Å². The van der Waals surface area contributed by atoms with Crippen LogP contribution >= 0.6 is 0 Å². The van der Waals surface area contributed by atoms with Gasteiger partial charge in [-0.15, -0.1) is 0 Å². The van der Waals surface area contributed by atoms with E-state index in [9.17, 15) is 4.79 Å². The zero-order valence-electron chi connectivity index (χ0n) is 13.6. The SMILES string of the molecule is CCCCN(C)C(C)CC(C)(NCCC)C(=O)OC. The summed E-state index contributed by atoms with van der Waals surface area (Å²) >= 11 is 0. The number of rotatable bonds is 10. The molecular weight excluding hydrogens is 240 g/mol. The second-order valence-electron chi connectivity index (χ2n) is 5.64. The van der Waals surface area contributed by atoms with Crippen LogP contribution in [0, 0.1) is 0 Å². The van der Waals surface area contributed by atoms with Gasteiger partial charge >= 0.3 is 5.97 Å². The fourth-order valence-corrected chi connectivity index (χ4v) is 2.23. The summed E-state index contributed by atoms with van der Waals surface area (Å²) in [7, 11) is 3.58. The second-order valence-corrected chi connectivity index (χ2v) is 5.64. The van der Waals surface area contributed by atoms with Crippen molar-refractivity contribution >= 4 is 5.97 Å². The number of carbonyl (C=O) groups excluding carboxylic acids is 1. The van der Waals surface area contributed by atoms with Crippen LogP contribution in [0.3, 0.4) is 0 Å². The number of nitrogens with zero attached hydrogens (tertiary/aromatic N) is 1. The molecule has 2 unspecified atom stereocenters. The molecule has 0 aromatic rings. The van der Waals surface area contributed by atoms with Crippen LogP contribution in [0.4, 0.5) is 0 Å². The van der Waals surface area contributed by atoms with Crippen molar-refractivity contribution in [2.75, 3.05) is 27.2 Å². The van der Waals surface area contributed by atoms with E-state index in [0.29, 0.717) is 6.04 Å². The van der Waals surface area contributed by atoms with Crippen LogP contribution in [0.2, 0.25) is 0 Å². The molecule has 0 spiro atoms. The Hall–Kier alpha value is -0.610. The van der Waals surface area contributed by atoms with Crippen molar-refractivity contribution in [1.82, 2.24) is 10.2 Å². The molecule has 19 heavy (non-hydrogen) atoms. The number of hydrogen-bond donors (Lipinski definition) is 1. The Morgan fingerprint density at radius 3 is 2.47 bits per heavy atom. The van der Waals surface area contributed by atoms with Gasteiger partial charge in [-0.2, -0.15) is 0 Å². The summed E-state index contributed by atoms with van der Waals surface area (Å²) in [4.78, 5) is 14.3. The fraction of sp³-hybridized carbons (Fsp3) is 0.933. The lowest BCUT2D eigenvalue weighted by molar-refractivity contribution is -0.148. The van der Waals surface area contributed by atoms with E-state index in [2.05, 4.69) is 38.0 Å². The molecule has 2 atom stereocenters. The molecule has 4 heteroatoms. The van der Waals surface area contributed by atoms with Gasteiger partial charge in [0.1, 0.15) is 5.54 Å². The first-order valence-corrected chi connectivity index (χ1v) is 7.45. The van der Waals surface area contributed by atoms with Crippen LogP contribution < -0.4 is 5.32 Å². The minimum Gasteiger partial charge on any atom is -0.468 e. The standard InChI is InChI=1S/C15H32N2O2/c1-7-9-11-17(5)13(3)12-15(4,14(18)19-6)16-10-8-2/h13,16H,7-12H2,1-6H3. The van der Waals surface area contributed by atoms with Gasteiger partial charge in [0.25, 0.3) is 0 Å². The highest BCUT2D eigenvalue weighted by Crippen LogP contribution is 2.18. The van der Waals surface area contributed by atoms with Crippen LogP contribution in [0.25, 0.3) is 0 Å². The largest absolute Gasteiger partial charge is 0.468 e. The molecule has 0 aromatic carbocycles. The molecular formula is C15H32N2O2. The molecule has 1 N–H and O–H groups in total. The molecule has 4 nitrogen and oxygen atoms in total. The fourth-order valence-electron chi connectivity index (χ4n) is 2.23. The van der Waals surface area contributed by atoms with Gasteiger partial charge in [0, 0.05) is 6.04 Å². The van der Waals surface area contributed by atoms with E-state index in [1.165, 1.54) is 20.0 Å². The molecule has 0 saturated carbocycles. The number of esters is 1. The zero-order chi connectivity index (χ0) is 14.9. The highest BCUT2D eigenvalue weighted by atomic mass is 16.5. The van der Waals surface area contributed by atoms with Gasteiger partial charge < -0.3 is 15.0 Å². The Morgan fingerprint density at radius 2 is 2.00 bits per heavy atom. The Labute approximate surface area is 118 Å². The van der Waals surface area contributed by atoms with Crippen molar-refractivity contribution in [2.24, 2.45) is 0 Å².